The molecule has 174 valence electrons. The zero-order valence-electron chi connectivity index (χ0n) is 21.4. The Balaban J connectivity index is 2.54. The quantitative estimate of drug-likeness (QED) is 0.269. The summed E-state index contributed by atoms with van der Waals surface area (Å²) in [6.07, 6.45) is 31.3. The molecular formula is C31H44O. The van der Waals surface area contributed by atoms with Crippen LogP contribution in [0.25, 0.3) is 0 Å². The van der Waals surface area contributed by atoms with Crippen molar-refractivity contribution in [2.45, 2.75) is 74.1 Å². The molecule has 0 saturated heterocycles. The molecule has 1 heteroatoms. The van der Waals surface area contributed by atoms with E-state index in [0.29, 0.717) is 11.3 Å². The fraction of sp³-hybridized carbons (Fsp3) is 0.419. The normalized spacial score (nSPS) is 20.2. The molecule has 1 atom stereocenters. The summed E-state index contributed by atoms with van der Waals surface area (Å²) in [7, 11) is 0. The lowest BCUT2D eigenvalue weighted by Gasteiger charge is -2.32. The largest absolute Gasteiger partial charge is 0.516 e. The highest BCUT2D eigenvalue weighted by molar-refractivity contribution is 5.36. The third-order valence-corrected chi connectivity index (χ3v) is 5.91. The molecule has 1 aliphatic carbocycles. The Hall–Kier alpha value is -2.54. The van der Waals surface area contributed by atoms with Gasteiger partial charge in [-0.25, -0.2) is 0 Å². The highest BCUT2D eigenvalue weighted by Gasteiger charge is 2.26. The molecule has 1 rings (SSSR count). The molecule has 0 heterocycles. The Morgan fingerprint density at radius 1 is 0.938 bits per heavy atom. The van der Waals surface area contributed by atoms with E-state index in [4.69, 9.17) is 5.11 Å². The minimum absolute atomic E-state index is 0.297. The van der Waals surface area contributed by atoms with Gasteiger partial charge in [0.1, 0.15) is 0 Å². The summed E-state index contributed by atoms with van der Waals surface area (Å²) >= 11 is 0. The number of hydrogen-bond acceptors (Lipinski definition) is 1. The molecule has 0 aromatic rings. The summed E-state index contributed by atoms with van der Waals surface area (Å²) in [6.45, 7) is 15.5. The maximum atomic E-state index is 8.73. The van der Waals surface area contributed by atoms with Gasteiger partial charge in [0.05, 0.1) is 6.26 Å². The lowest BCUT2D eigenvalue weighted by Crippen LogP contribution is -2.19. The van der Waals surface area contributed by atoms with Crippen molar-refractivity contribution in [2.24, 2.45) is 11.3 Å². The van der Waals surface area contributed by atoms with E-state index in [-0.39, 0.29) is 0 Å². The fourth-order valence-electron chi connectivity index (χ4n) is 3.85. The van der Waals surface area contributed by atoms with Crippen molar-refractivity contribution in [2.75, 3.05) is 0 Å². The highest BCUT2D eigenvalue weighted by Crippen LogP contribution is 2.40. The minimum atomic E-state index is 0.297. The summed E-state index contributed by atoms with van der Waals surface area (Å²) < 4.78 is 0. The second-order valence-electron chi connectivity index (χ2n) is 9.70. The maximum Gasteiger partial charge on any atom is 0.0794 e. The zero-order valence-corrected chi connectivity index (χ0v) is 21.4. The zero-order chi connectivity index (χ0) is 24.0. The summed E-state index contributed by atoms with van der Waals surface area (Å²) in [5.74, 6) is 0.501. The molecule has 1 N–H and O–H groups in total. The number of hydrogen-bond donors (Lipinski definition) is 1. The number of rotatable bonds is 10. The first kappa shape index (κ1) is 27.5. The average Bonchev–Trinajstić information content (AvgIpc) is 2.70. The summed E-state index contributed by atoms with van der Waals surface area (Å²) in [6, 6.07) is 0. The number of aliphatic hydroxyl groups excluding tert-OH is 1. The molecule has 1 aliphatic rings. The van der Waals surface area contributed by atoms with Crippen LogP contribution in [0, 0.1) is 11.3 Å². The predicted octanol–water partition coefficient (Wildman–Crippen LogP) is 9.67. The van der Waals surface area contributed by atoms with Crippen molar-refractivity contribution in [3.63, 3.8) is 0 Å². The van der Waals surface area contributed by atoms with Crippen LogP contribution in [-0.4, -0.2) is 5.11 Å². The van der Waals surface area contributed by atoms with Gasteiger partial charge < -0.3 is 5.11 Å². The standard InChI is InChI=1S/C31H44O/c1-25(13-8-9-14-26(2)16-11-18-28(4)22-24-32)15-10-17-27(3)20-21-30-29(5)19-12-23-31(30,6)7/h8-11,14-18,20-22,24-25,32H,12-13,19,23H2,1-7H3/b9-8+,15-10+,16-11+,21-20+,24-22+,26-14+,27-17-,28-18+/t25-/m1/s1. The average molecular weight is 433 g/mol. The van der Waals surface area contributed by atoms with Crippen LogP contribution < -0.4 is 0 Å². The minimum Gasteiger partial charge on any atom is -0.516 e. The van der Waals surface area contributed by atoms with Gasteiger partial charge in [-0.1, -0.05) is 104 Å². The van der Waals surface area contributed by atoms with E-state index in [1.54, 1.807) is 11.6 Å². The number of allylic oxidation sites excluding steroid dienone is 17. The summed E-state index contributed by atoms with van der Waals surface area (Å²) in [5.41, 5.74) is 6.85. The van der Waals surface area contributed by atoms with Gasteiger partial charge >= 0.3 is 0 Å². The Kier molecular flexibility index (Phi) is 12.5. The molecule has 0 amide bonds. The molecule has 0 bridgehead atoms. The van der Waals surface area contributed by atoms with Crippen LogP contribution >= 0.6 is 0 Å². The van der Waals surface area contributed by atoms with E-state index < -0.39 is 0 Å². The van der Waals surface area contributed by atoms with Crippen LogP contribution in [0.5, 0.6) is 0 Å². The molecule has 0 fully saturated rings. The van der Waals surface area contributed by atoms with Crippen molar-refractivity contribution in [3.05, 3.63) is 107 Å². The first-order valence-corrected chi connectivity index (χ1v) is 11.9. The van der Waals surface area contributed by atoms with E-state index in [2.05, 4.69) is 96.2 Å². The first-order chi connectivity index (χ1) is 15.2. The lowest BCUT2D eigenvalue weighted by atomic mass is 9.72. The fourth-order valence-corrected chi connectivity index (χ4v) is 3.85. The molecule has 0 aromatic carbocycles. The molecule has 0 saturated carbocycles. The molecule has 0 unspecified atom stereocenters. The second kappa shape index (κ2) is 14.5. The predicted molar refractivity (Wildman–Crippen MR) is 144 cm³/mol. The molecular weight excluding hydrogens is 388 g/mol. The van der Waals surface area contributed by atoms with Crippen LogP contribution in [0.3, 0.4) is 0 Å². The van der Waals surface area contributed by atoms with Gasteiger partial charge in [0, 0.05) is 0 Å². The molecule has 1 nitrogen and oxygen atoms in total. The van der Waals surface area contributed by atoms with Gasteiger partial charge in [-0.15, -0.1) is 0 Å². The van der Waals surface area contributed by atoms with Gasteiger partial charge in [-0.3, -0.25) is 0 Å². The van der Waals surface area contributed by atoms with Crippen molar-refractivity contribution in [3.8, 4) is 0 Å². The first-order valence-electron chi connectivity index (χ1n) is 11.9. The van der Waals surface area contributed by atoms with E-state index >= 15 is 0 Å². The summed E-state index contributed by atoms with van der Waals surface area (Å²) in [5, 5.41) is 8.73. The maximum absolute atomic E-state index is 8.73. The molecule has 32 heavy (non-hydrogen) atoms. The van der Waals surface area contributed by atoms with E-state index in [9.17, 15) is 0 Å². The Morgan fingerprint density at radius 3 is 2.25 bits per heavy atom. The van der Waals surface area contributed by atoms with Crippen LogP contribution in [0.2, 0.25) is 0 Å². The van der Waals surface area contributed by atoms with E-state index in [1.807, 2.05) is 19.1 Å². The van der Waals surface area contributed by atoms with E-state index in [0.717, 1.165) is 18.3 Å². The Labute approximate surface area is 197 Å². The summed E-state index contributed by atoms with van der Waals surface area (Å²) in [4.78, 5) is 0. The van der Waals surface area contributed by atoms with Crippen LogP contribution in [0.4, 0.5) is 0 Å². The Bertz CT molecular complexity index is 860. The van der Waals surface area contributed by atoms with Crippen LogP contribution in [0.15, 0.2) is 107 Å². The molecule has 0 spiro atoms. The third kappa shape index (κ3) is 11.2. The second-order valence-corrected chi connectivity index (χ2v) is 9.70. The highest BCUT2D eigenvalue weighted by atomic mass is 16.2. The van der Waals surface area contributed by atoms with Crippen molar-refractivity contribution >= 4 is 0 Å². The van der Waals surface area contributed by atoms with Gasteiger partial charge in [-0.05, 0) is 81.9 Å². The van der Waals surface area contributed by atoms with Gasteiger partial charge in [0.15, 0.2) is 0 Å². The van der Waals surface area contributed by atoms with Crippen LogP contribution in [0.1, 0.15) is 74.1 Å². The number of aliphatic hydroxyl groups is 1. The Morgan fingerprint density at radius 2 is 1.56 bits per heavy atom. The van der Waals surface area contributed by atoms with Crippen LogP contribution in [-0.2, 0) is 0 Å². The molecule has 0 aromatic heterocycles. The van der Waals surface area contributed by atoms with Crippen molar-refractivity contribution < 1.29 is 5.11 Å². The SMILES string of the molecule is CC1=C(/C=C/C(C)=C\C=C\[C@H](C)C/C=C/C=C(C)/C=C/C=C(C)/C=C/O)C(C)(C)CCC1. The van der Waals surface area contributed by atoms with Crippen molar-refractivity contribution in [1.82, 2.24) is 0 Å². The third-order valence-electron chi connectivity index (χ3n) is 5.91. The van der Waals surface area contributed by atoms with Gasteiger partial charge in [0.2, 0.25) is 0 Å². The van der Waals surface area contributed by atoms with Crippen molar-refractivity contribution in [1.29, 1.82) is 0 Å². The lowest BCUT2D eigenvalue weighted by molar-refractivity contribution is 0.377. The molecule has 0 aliphatic heterocycles. The smallest absolute Gasteiger partial charge is 0.0794 e. The van der Waals surface area contributed by atoms with Gasteiger partial charge in [0.25, 0.3) is 0 Å². The van der Waals surface area contributed by atoms with Gasteiger partial charge in [-0.2, -0.15) is 0 Å². The monoisotopic (exact) mass is 432 g/mol. The topological polar surface area (TPSA) is 20.2 Å². The van der Waals surface area contributed by atoms with E-state index in [1.165, 1.54) is 36.0 Å². The molecule has 0 radical (unpaired) electrons.